The van der Waals surface area contributed by atoms with E-state index in [2.05, 4.69) is 15.9 Å². The maximum atomic E-state index is 10.6. The molecule has 0 aliphatic rings. The van der Waals surface area contributed by atoms with E-state index >= 15 is 0 Å². The third-order valence-corrected chi connectivity index (χ3v) is 3.62. The van der Waals surface area contributed by atoms with Crippen molar-refractivity contribution in [3.63, 3.8) is 0 Å². The van der Waals surface area contributed by atoms with Crippen LogP contribution in [0, 0.1) is 13.8 Å². The molecule has 0 saturated heterocycles. The van der Waals surface area contributed by atoms with Crippen LogP contribution in [0.1, 0.15) is 23.1 Å². The van der Waals surface area contributed by atoms with Crippen LogP contribution in [0.3, 0.4) is 0 Å². The summed E-state index contributed by atoms with van der Waals surface area (Å²) in [5.41, 5.74) is 3.20. The first kappa shape index (κ1) is 13.0. The molecule has 1 N–H and O–H groups in total. The van der Waals surface area contributed by atoms with E-state index in [-0.39, 0.29) is 6.42 Å². The number of carboxylic acid groups (broad SMARTS) is 1. The van der Waals surface area contributed by atoms with Gasteiger partial charge in [-0.15, -0.1) is 0 Å². The van der Waals surface area contributed by atoms with Gasteiger partial charge in [-0.2, -0.15) is 0 Å². The molecule has 0 unspecified atom stereocenters. The maximum Gasteiger partial charge on any atom is 0.303 e. The molecule has 0 heterocycles. The van der Waals surface area contributed by atoms with Crippen molar-refractivity contribution in [3.05, 3.63) is 27.2 Å². The third kappa shape index (κ3) is 2.76. The molecule has 4 heteroatoms. The molecule has 0 radical (unpaired) electrons. The van der Waals surface area contributed by atoms with E-state index in [0.717, 1.165) is 26.9 Å². The molecule has 0 saturated carbocycles. The van der Waals surface area contributed by atoms with Gasteiger partial charge in [0.15, 0.2) is 0 Å². The normalized spacial score (nSPS) is 10.2. The zero-order valence-electron chi connectivity index (χ0n) is 9.63. The van der Waals surface area contributed by atoms with Crippen molar-refractivity contribution < 1.29 is 14.6 Å². The van der Waals surface area contributed by atoms with Crippen molar-refractivity contribution in [1.82, 2.24) is 0 Å². The lowest BCUT2D eigenvalue weighted by molar-refractivity contribution is -0.136. The minimum Gasteiger partial charge on any atom is -0.496 e. The van der Waals surface area contributed by atoms with Crippen molar-refractivity contribution in [1.29, 1.82) is 0 Å². The fourth-order valence-corrected chi connectivity index (χ4v) is 2.24. The van der Waals surface area contributed by atoms with Crippen LogP contribution in [0.25, 0.3) is 0 Å². The smallest absolute Gasteiger partial charge is 0.303 e. The van der Waals surface area contributed by atoms with Crippen molar-refractivity contribution in [3.8, 4) is 5.75 Å². The van der Waals surface area contributed by atoms with E-state index in [4.69, 9.17) is 9.84 Å². The molecule has 1 aromatic carbocycles. The number of hydrogen-bond donors (Lipinski definition) is 1. The number of benzene rings is 1. The van der Waals surface area contributed by atoms with Gasteiger partial charge in [-0.05, 0) is 59.0 Å². The van der Waals surface area contributed by atoms with Gasteiger partial charge in [0.1, 0.15) is 5.75 Å². The van der Waals surface area contributed by atoms with E-state index in [9.17, 15) is 4.79 Å². The van der Waals surface area contributed by atoms with Gasteiger partial charge in [0.2, 0.25) is 0 Å². The molecule has 0 atom stereocenters. The van der Waals surface area contributed by atoms with E-state index in [1.807, 2.05) is 19.9 Å². The summed E-state index contributed by atoms with van der Waals surface area (Å²) in [6, 6.07) is 1.92. The Balaban J connectivity index is 3.10. The maximum absolute atomic E-state index is 10.6. The highest BCUT2D eigenvalue weighted by Crippen LogP contribution is 2.33. The average molecular weight is 287 g/mol. The molecule has 16 heavy (non-hydrogen) atoms. The Morgan fingerprint density at radius 2 is 2.12 bits per heavy atom. The number of hydrogen-bond acceptors (Lipinski definition) is 2. The number of aliphatic carboxylic acids is 1. The van der Waals surface area contributed by atoms with Gasteiger partial charge < -0.3 is 9.84 Å². The van der Waals surface area contributed by atoms with Crippen molar-refractivity contribution in [2.75, 3.05) is 7.11 Å². The number of carboxylic acids is 1. The Kier molecular flexibility index (Phi) is 4.35. The summed E-state index contributed by atoms with van der Waals surface area (Å²) in [5, 5.41) is 8.69. The second-order valence-electron chi connectivity index (χ2n) is 3.71. The SMILES string of the molecule is COc1cc(C)c(CCC(=O)O)c(C)c1Br. The first-order valence-electron chi connectivity index (χ1n) is 5.01. The molecular weight excluding hydrogens is 272 g/mol. The van der Waals surface area contributed by atoms with Gasteiger partial charge in [0, 0.05) is 6.42 Å². The predicted molar refractivity (Wildman–Crippen MR) is 66.1 cm³/mol. The van der Waals surface area contributed by atoms with Gasteiger partial charge in [-0.25, -0.2) is 0 Å². The fraction of sp³-hybridized carbons (Fsp3) is 0.417. The number of rotatable bonds is 4. The molecule has 3 nitrogen and oxygen atoms in total. The van der Waals surface area contributed by atoms with Crippen LogP contribution in [0.15, 0.2) is 10.5 Å². The fourth-order valence-electron chi connectivity index (χ4n) is 1.73. The molecule has 0 aliphatic carbocycles. The van der Waals surface area contributed by atoms with Crippen LogP contribution in [-0.2, 0) is 11.2 Å². The Morgan fingerprint density at radius 1 is 1.50 bits per heavy atom. The Bertz CT molecular complexity index is 413. The highest BCUT2D eigenvalue weighted by molar-refractivity contribution is 9.10. The largest absolute Gasteiger partial charge is 0.496 e. The number of halogens is 1. The first-order chi connectivity index (χ1) is 7.47. The van der Waals surface area contributed by atoms with Crippen molar-refractivity contribution in [2.24, 2.45) is 0 Å². The lowest BCUT2D eigenvalue weighted by Crippen LogP contribution is -2.02. The number of ether oxygens (including phenoxy) is 1. The molecule has 0 bridgehead atoms. The quantitative estimate of drug-likeness (QED) is 0.925. The minimum absolute atomic E-state index is 0.153. The van der Waals surface area contributed by atoms with E-state index in [0.29, 0.717) is 6.42 Å². The lowest BCUT2D eigenvalue weighted by atomic mass is 9.98. The summed E-state index contributed by atoms with van der Waals surface area (Å²) < 4.78 is 6.13. The minimum atomic E-state index is -0.772. The van der Waals surface area contributed by atoms with Crippen LogP contribution in [0.2, 0.25) is 0 Å². The van der Waals surface area contributed by atoms with Gasteiger partial charge in [-0.3, -0.25) is 4.79 Å². The van der Waals surface area contributed by atoms with Gasteiger partial charge in [-0.1, -0.05) is 0 Å². The van der Waals surface area contributed by atoms with Gasteiger partial charge in [0.25, 0.3) is 0 Å². The zero-order valence-corrected chi connectivity index (χ0v) is 11.2. The standard InChI is InChI=1S/C12H15BrO3/c1-7-6-10(16-3)12(13)8(2)9(7)4-5-11(14)15/h6H,4-5H2,1-3H3,(H,14,15). The topological polar surface area (TPSA) is 46.5 Å². The monoisotopic (exact) mass is 286 g/mol. The number of carbonyl (C=O) groups is 1. The molecule has 0 aromatic heterocycles. The third-order valence-electron chi connectivity index (χ3n) is 2.63. The van der Waals surface area contributed by atoms with Gasteiger partial charge in [0.05, 0.1) is 11.6 Å². The van der Waals surface area contributed by atoms with Crippen LogP contribution in [0.4, 0.5) is 0 Å². The van der Waals surface area contributed by atoms with Crippen molar-refractivity contribution in [2.45, 2.75) is 26.7 Å². The first-order valence-corrected chi connectivity index (χ1v) is 5.81. The highest BCUT2D eigenvalue weighted by atomic mass is 79.9. The van der Waals surface area contributed by atoms with E-state index in [1.165, 1.54) is 0 Å². The summed E-state index contributed by atoms with van der Waals surface area (Å²) in [7, 11) is 1.62. The molecule has 1 aromatic rings. The average Bonchev–Trinajstić information content (AvgIpc) is 2.22. The molecule has 0 aliphatic heterocycles. The van der Waals surface area contributed by atoms with Crippen LogP contribution in [0.5, 0.6) is 5.75 Å². The van der Waals surface area contributed by atoms with Crippen LogP contribution >= 0.6 is 15.9 Å². The van der Waals surface area contributed by atoms with Crippen LogP contribution in [-0.4, -0.2) is 18.2 Å². The van der Waals surface area contributed by atoms with E-state index < -0.39 is 5.97 Å². The summed E-state index contributed by atoms with van der Waals surface area (Å²) in [6.07, 6.45) is 0.704. The molecular formula is C12H15BrO3. The van der Waals surface area contributed by atoms with Crippen LogP contribution < -0.4 is 4.74 Å². The second kappa shape index (κ2) is 5.34. The summed E-state index contributed by atoms with van der Waals surface area (Å²) in [5.74, 6) is 0.0137. The Morgan fingerprint density at radius 3 is 2.62 bits per heavy atom. The van der Waals surface area contributed by atoms with E-state index in [1.54, 1.807) is 7.11 Å². The molecule has 0 fully saturated rings. The highest BCUT2D eigenvalue weighted by Gasteiger charge is 2.12. The molecule has 0 spiro atoms. The molecule has 88 valence electrons. The second-order valence-corrected chi connectivity index (χ2v) is 4.50. The molecule has 0 amide bonds. The lowest BCUT2D eigenvalue weighted by Gasteiger charge is -2.14. The summed E-state index contributed by atoms with van der Waals surface area (Å²) in [6.45, 7) is 3.94. The summed E-state index contributed by atoms with van der Waals surface area (Å²) >= 11 is 3.46. The van der Waals surface area contributed by atoms with Crippen molar-refractivity contribution >= 4 is 21.9 Å². The summed E-state index contributed by atoms with van der Waals surface area (Å²) in [4.78, 5) is 10.6. The Hall–Kier alpha value is -1.03. The number of aryl methyl sites for hydroxylation is 1. The Labute approximate surface area is 104 Å². The number of methoxy groups -OCH3 is 1. The molecule has 1 rings (SSSR count). The zero-order chi connectivity index (χ0) is 12.3. The van der Waals surface area contributed by atoms with Gasteiger partial charge >= 0.3 is 5.97 Å². The predicted octanol–water partition coefficient (Wildman–Crippen LogP) is 3.09.